The van der Waals surface area contributed by atoms with Gasteiger partial charge in [-0.25, -0.2) is 0 Å². The summed E-state index contributed by atoms with van der Waals surface area (Å²) in [6.45, 7) is 4.91. The van der Waals surface area contributed by atoms with E-state index in [4.69, 9.17) is 12.2 Å². The van der Waals surface area contributed by atoms with Crippen LogP contribution in [-0.4, -0.2) is 33.3 Å². The highest BCUT2D eigenvalue weighted by atomic mass is 32.1. The van der Waals surface area contributed by atoms with Crippen molar-refractivity contribution < 1.29 is 0 Å². The number of rotatable bonds is 3. The van der Waals surface area contributed by atoms with Gasteiger partial charge in [0.1, 0.15) is 0 Å². The molecule has 1 aromatic rings. The number of nitrogens with one attached hydrogen (secondary N) is 2. The van der Waals surface area contributed by atoms with Gasteiger partial charge in [-0.1, -0.05) is 0 Å². The van der Waals surface area contributed by atoms with Crippen LogP contribution in [0.3, 0.4) is 0 Å². The lowest BCUT2D eigenvalue weighted by Gasteiger charge is -2.22. The lowest BCUT2D eigenvalue weighted by Crippen LogP contribution is -2.40. The summed E-state index contributed by atoms with van der Waals surface area (Å²) in [5, 5.41) is 10.6. The largest absolute Gasteiger partial charge is 0.360 e. The van der Waals surface area contributed by atoms with E-state index in [0.29, 0.717) is 6.04 Å². The Balaban J connectivity index is 2.42. The number of hydrogen-bond donors (Lipinski definition) is 2. The van der Waals surface area contributed by atoms with E-state index in [1.54, 1.807) is 6.20 Å². The molecule has 0 aliphatic rings. The van der Waals surface area contributed by atoms with Crippen LogP contribution in [0.5, 0.6) is 0 Å². The van der Waals surface area contributed by atoms with E-state index < -0.39 is 0 Å². The molecule has 0 aromatic carbocycles. The Hall–Kier alpha value is -1.10. The Kier molecular flexibility index (Phi) is 3.88. The van der Waals surface area contributed by atoms with E-state index >= 15 is 0 Å². The van der Waals surface area contributed by atoms with E-state index in [9.17, 15) is 0 Å². The minimum atomic E-state index is 0.370. The molecule has 14 heavy (non-hydrogen) atoms. The van der Waals surface area contributed by atoms with E-state index in [1.165, 1.54) is 0 Å². The molecule has 0 saturated carbocycles. The smallest absolute Gasteiger partial charge is 0.169 e. The summed E-state index contributed by atoms with van der Waals surface area (Å²) in [6.07, 6.45) is 3.67. The fourth-order valence-electron chi connectivity index (χ4n) is 1.07. The van der Waals surface area contributed by atoms with Gasteiger partial charge in [0, 0.05) is 31.4 Å². The molecule has 0 aliphatic carbocycles. The normalized spacial score (nSPS) is 10.3. The molecule has 0 aliphatic heterocycles. The first-order chi connectivity index (χ1) is 6.59. The van der Waals surface area contributed by atoms with Gasteiger partial charge in [-0.15, -0.1) is 0 Å². The minimum absolute atomic E-state index is 0.370. The van der Waals surface area contributed by atoms with Crippen LogP contribution in [0.25, 0.3) is 0 Å². The van der Waals surface area contributed by atoms with E-state index in [1.807, 2.05) is 18.1 Å². The number of hydrogen-bond acceptors (Lipinski definition) is 2. The van der Waals surface area contributed by atoms with Crippen LogP contribution < -0.4 is 5.32 Å². The predicted molar refractivity (Wildman–Crippen MR) is 60.9 cm³/mol. The molecule has 1 heterocycles. The van der Waals surface area contributed by atoms with Crippen molar-refractivity contribution in [3.8, 4) is 0 Å². The molecule has 78 valence electrons. The third-order valence-electron chi connectivity index (χ3n) is 1.73. The number of thiocarbonyl (C=S) groups is 1. The lowest BCUT2D eigenvalue weighted by molar-refractivity contribution is 0.481. The molecule has 0 unspecified atom stereocenters. The second kappa shape index (κ2) is 4.95. The minimum Gasteiger partial charge on any atom is -0.360 e. The molecular formula is C9H16N4S. The number of aromatic nitrogens is 2. The zero-order chi connectivity index (χ0) is 10.6. The van der Waals surface area contributed by atoms with E-state index in [2.05, 4.69) is 29.4 Å². The van der Waals surface area contributed by atoms with Crippen LogP contribution in [0.1, 0.15) is 19.4 Å². The van der Waals surface area contributed by atoms with Gasteiger partial charge >= 0.3 is 0 Å². The third kappa shape index (κ3) is 3.33. The van der Waals surface area contributed by atoms with Crippen molar-refractivity contribution in [2.45, 2.75) is 26.4 Å². The van der Waals surface area contributed by atoms with Crippen LogP contribution in [0, 0.1) is 0 Å². The summed E-state index contributed by atoms with van der Waals surface area (Å²) in [7, 11) is 1.96. The zero-order valence-corrected chi connectivity index (χ0v) is 9.56. The molecule has 5 heteroatoms. The standard InChI is InChI=1S/C9H16N4S/c1-7(2)12-9(14)13(3)6-8-4-10-11-5-8/h4-5,7H,6H2,1-3H3,(H,10,11)(H,12,14). The fraction of sp³-hybridized carbons (Fsp3) is 0.556. The van der Waals surface area contributed by atoms with Crippen molar-refractivity contribution in [3.63, 3.8) is 0 Å². The first-order valence-corrected chi connectivity index (χ1v) is 4.99. The van der Waals surface area contributed by atoms with Crippen LogP contribution in [0.15, 0.2) is 12.4 Å². The molecular weight excluding hydrogens is 196 g/mol. The van der Waals surface area contributed by atoms with Crippen molar-refractivity contribution in [1.82, 2.24) is 20.4 Å². The summed E-state index contributed by atoms with van der Waals surface area (Å²) < 4.78 is 0. The lowest BCUT2D eigenvalue weighted by atomic mass is 10.3. The highest BCUT2D eigenvalue weighted by molar-refractivity contribution is 7.80. The number of H-pyrrole nitrogens is 1. The van der Waals surface area contributed by atoms with Crippen molar-refractivity contribution in [2.75, 3.05) is 7.05 Å². The van der Waals surface area contributed by atoms with Gasteiger partial charge in [0.2, 0.25) is 0 Å². The van der Waals surface area contributed by atoms with Crippen LogP contribution in [0.4, 0.5) is 0 Å². The highest BCUT2D eigenvalue weighted by Gasteiger charge is 2.06. The third-order valence-corrected chi connectivity index (χ3v) is 2.16. The molecule has 0 bridgehead atoms. The fourth-order valence-corrected chi connectivity index (χ4v) is 1.37. The molecule has 0 radical (unpaired) electrons. The van der Waals surface area contributed by atoms with Crippen LogP contribution in [0.2, 0.25) is 0 Å². The molecule has 0 saturated heterocycles. The number of nitrogens with zero attached hydrogens (tertiary/aromatic N) is 2. The van der Waals surface area contributed by atoms with Gasteiger partial charge in [0.15, 0.2) is 5.11 Å². The molecule has 0 amide bonds. The Bertz CT molecular complexity index is 281. The summed E-state index contributed by atoms with van der Waals surface area (Å²) in [6, 6.07) is 0.370. The predicted octanol–water partition coefficient (Wildman–Crippen LogP) is 1.12. The molecule has 2 N–H and O–H groups in total. The Morgan fingerprint density at radius 2 is 2.43 bits per heavy atom. The van der Waals surface area contributed by atoms with Gasteiger partial charge in [-0.2, -0.15) is 5.10 Å². The van der Waals surface area contributed by atoms with E-state index in [0.717, 1.165) is 17.2 Å². The van der Waals surface area contributed by atoms with Crippen molar-refractivity contribution in [1.29, 1.82) is 0 Å². The van der Waals surface area contributed by atoms with Gasteiger partial charge in [-0.05, 0) is 26.1 Å². The number of aromatic amines is 1. The maximum atomic E-state index is 5.21. The molecule has 1 aromatic heterocycles. The summed E-state index contributed by atoms with van der Waals surface area (Å²) in [4.78, 5) is 1.99. The first kappa shape index (κ1) is 11.0. The Morgan fingerprint density at radius 1 is 1.71 bits per heavy atom. The topological polar surface area (TPSA) is 44.0 Å². The average molecular weight is 212 g/mol. The summed E-state index contributed by atoms with van der Waals surface area (Å²) in [5.41, 5.74) is 1.13. The molecule has 1 rings (SSSR count). The van der Waals surface area contributed by atoms with Crippen LogP contribution >= 0.6 is 12.2 Å². The van der Waals surface area contributed by atoms with Crippen molar-refractivity contribution in [2.24, 2.45) is 0 Å². The van der Waals surface area contributed by atoms with Gasteiger partial charge in [0.05, 0.1) is 6.20 Å². The highest BCUT2D eigenvalue weighted by Crippen LogP contribution is 1.99. The zero-order valence-electron chi connectivity index (χ0n) is 8.74. The van der Waals surface area contributed by atoms with Crippen molar-refractivity contribution >= 4 is 17.3 Å². The van der Waals surface area contributed by atoms with Gasteiger partial charge < -0.3 is 10.2 Å². The van der Waals surface area contributed by atoms with Crippen LogP contribution in [-0.2, 0) is 6.54 Å². The second-order valence-corrected chi connectivity index (χ2v) is 3.95. The SMILES string of the molecule is CC(C)NC(=S)N(C)Cc1cn[nH]c1. The maximum absolute atomic E-state index is 5.21. The summed E-state index contributed by atoms with van der Waals surface area (Å²) in [5.74, 6) is 0. The molecule has 0 fully saturated rings. The van der Waals surface area contributed by atoms with Gasteiger partial charge in [0.25, 0.3) is 0 Å². The van der Waals surface area contributed by atoms with E-state index in [-0.39, 0.29) is 0 Å². The van der Waals surface area contributed by atoms with Gasteiger partial charge in [-0.3, -0.25) is 5.10 Å². The summed E-state index contributed by atoms with van der Waals surface area (Å²) >= 11 is 5.21. The monoisotopic (exact) mass is 212 g/mol. The molecule has 0 atom stereocenters. The first-order valence-electron chi connectivity index (χ1n) is 4.59. The Labute approximate surface area is 89.7 Å². The quantitative estimate of drug-likeness (QED) is 0.737. The van der Waals surface area contributed by atoms with Crippen molar-refractivity contribution in [3.05, 3.63) is 18.0 Å². The Morgan fingerprint density at radius 3 is 2.93 bits per heavy atom. The molecule has 4 nitrogen and oxygen atoms in total. The average Bonchev–Trinajstić information content (AvgIpc) is 2.55. The maximum Gasteiger partial charge on any atom is 0.169 e. The second-order valence-electron chi connectivity index (χ2n) is 3.57. The molecule has 0 spiro atoms.